The molecule has 0 aliphatic heterocycles. The predicted octanol–water partition coefficient (Wildman–Crippen LogP) is 3.10. The Morgan fingerprint density at radius 2 is 2.14 bits per heavy atom. The third kappa shape index (κ3) is 3.40. The van der Waals surface area contributed by atoms with Crippen LogP contribution in [0.2, 0.25) is 0 Å². The number of rotatable bonds is 6. The lowest BCUT2D eigenvalue weighted by Gasteiger charge is -2.27. The highest BCUT2D eigenvalue weighted by Crippen LogP contribution is 2.42. The van der Waals surface area contributed by atoms with E-state index >= 15 is 0 Å². The summed E-state index contributed by atoms with van der Waals surface area (Å²) in [5.74, 6) is 0.638. The SMILES string of the molecule is CO[C@](C)(C(=O)Nc1ccc(OC(C)C)cc1C#N)C1CC1. The van der Waals surface area contributed by atoms with Gasteiger partial charge in [-0.1, -0.05) is 0 Å². The van der Waals surface area contributed by atoms with Gasteiger partial charge in [0.05, 0.1) is 17.4 Å². The van der Waals surface area contributed by atoms with E-state index in [1.54, 1.807) is 32.2 Å². The predicted molar refractivity (Wildman–Crippen MR) is 83.7 cm³/mol. The Balaban J connectivity index is 2.18. The van der Waals surface area contributed by atoms with Crippen molar-refractivity contribution in [1.29, 1.82) is 5.26 Å². The van der Waals surface area contributed by atoms with E-state index in [9.17, 15) is 10.1 Å². The number of amides is 1. The van der Waals surface area contributed by atoms with E-state index in [2.05, 4.69) is 11.4 Å². The van der Waals surface area contributed by atoms with Crippen molar-refractivity contribution in [2.75, 3.05) is 12.4 Å². The van der Waals surface area contributed by atoms with Gasteiger partial charge in [0, 0.05) is 13.2 Å². The van der Waals surface area contributed by atoms with Crippen LogP contribution in [0.3, 0.4) is 0 Å². The molecule has 1 aromatic carbocycles. The number of ether oxygens (including phenoxy) is 2. The minimum Gasteiger partial charge on any atom is -0.491 e. The number of anilines is 1. The lowest BCUT2D eigenvalue weighted by Crippen LogP contribution is -2.44. The lowest BCUT2D eigenvalue weighted by molar-refractivity contribution is -0.138. The summed E-state index contributed by atoms with van der Waals surface area (Å²) >= 11 is 0. The van der Waals surface area contributed by atoms with Crippen molar-refractivity contribution in [3.8, 4) is 11.8 Å². The molecule has 0 aromatic heterocycles. The zero-order valence-electron chi connectivity index (χ0n) is 13.5. The first kappa shape index (κ1) is 16.3. The van der Waals surface area contributed by atoms with E-state index in [0.29, 0.717) is 17.0 Å². The fourth-order valence-corrected chi connectivity index (χ4v) is 2.40. The lowest BCUT2D eigenvalue weighted by atomic mass is 9.98. The molecule has 0 bridgehead atoms. The molecule has 0 radical (unpaired) electrons. The molecule has 1 amide bonds. The van der Waals surface area contributed by atoms with Crippen LogP contribution in [-0.4, -0.2) is 24.7 Å². The van der Waals surface area contributed by atoms with Crippen LogP contribution in [0.4, 0.5) is 5.69 Å². The first-order valence-corrected chi connectivity index (χ1v) is 7.48. The number of carbonyl (C=O) groups is 1. The van der Waals surface area contributed by atoms with Crippen LogP contribution in [-0.2, 0) is 9.53 Å². The second-order valence-electron chi connectivity index (χ2n) is 6.03. The summed E-state index contributed by atoms with van der Waals surface area (Å²) in [6.07, 6.45) is 2.01. The number of nitriles is 1. The Kier molecular flexibility index (Phi) is 4.72. The van der Waals surface area contributed by atoms with Crippen LogP contribution in [0.15, 0.2) is 18.2 Å². The second kappa shape index (κ2) is 6.37. The molecular weight excluding hydrogens is 280 g/mol. The molecule has 22 heavy (non-hydrogen) atoms. The summed E-state index contributed by atoms with van der Waals surface area (Å²) in [7, 11) is 1.54. The number of nitrogens with one attached hydrogen (secondary N) is 1. The number of hydrogen-bond donors (Lipinski definition) is 1. The van der Waals surface area contributed by atoms with E-state index in [0.717, 1.165) is 12.8 Å². The van der Waals surface area contributed by atoms with Gasteiger partial charge in [0.25, 0.3) is 5.91 Å². The molecule has 1 aromatic rings. The van der Waals surface area contributed by atoms with Gasteiger partial charge in [0.2, 0.25) is 0 Å². The van der Waals surface area contributed by atoms with Crippen molar-refractivity contribution in [3.63, 3.8) is 0 Å². The number of carbonyl (C=O) groups excluding carboxylic acids is 1. The number of nitrogens with zero attached hydrogens (tertiary/aromatic N) is 1. The van der Waals surface area contributed by atoms with Crippen molar-refractivity contribution >= 4 is 11.6 Å². The molecule has 1 aliphatic rings. The smallest absolute Gasteiger partial charge is 0.256 e. The fourth-order valence-electron chi connectivity index (χ4n) is 2.40. The van der Waals surface area contributed by atoms with Crippen LogP contribution in [0.5, 0.6) is 5.75 Å². The van der Waals surface area contributed by atoms with Crippen LogP contribution < -0.4 is 10.1 Å². The number of hydrogen-bond acceptors (Lipinski definition) is 4. The van der Waals surface area contributed by atoms with Gasteiger partial charge in [-0.2, -0.15) is 5.26 Å². The van der Waals surface area contributed by atoms with Crippen molar-refractivity contribution in [3.05, 3.63) is 23.8 Å². The third-order valence-electron chi connectivity index (χ3n) is 3.96. The summed E-state index contributed by atoms with van der Waals surface area (Å²) in [6.45, 7) is 5.63. The van der Waals surface area contributed by atoms with Crippen LogP contribution in [0, 0.1) is 17.2 Å². The van der Waals surface area contributed by atoms with Crippen molar-refractivity contribution < 1.29 is 14.3 Å². The zero-order valence-corrected chi connectivity index (χ0v) is 13.5. The van der Waals surface area contributed by atoms with Gasteiger partial charge in [-0.3, -0.25) is 4.79 Å². The molecule has 0 unspecified atom stereocenters. The minimum absolute atomic E-state index is 0.0265. The summed E-state index contributed by atoms with van der Waals surface area (Å²) in [4.78, 5) is 12.5. The monoisotopic (exact) mass is 302 g/mol. The molecule has 1 aliphatic carbocycles. The summed E-state index contributed by atoms with van der Waals surface area (Å²) in [5.41, 5.74) is 0.00750. The second-order valence-corrected chi connectivity index (χ2v) is 6.03. The van der Waals surface area contributed by atoms with E-state index < -0.39 is 5.60 Å². The van der Waals surface area contributed by atoms with Gasteiger partial charge in [0.15, 0.2) is 0 Å². The molecule has 1 N–H and O–H groups in total. The molecular formula is C17H22N2O3. The summed E-state index contributed by atoms with van der Waals surface area (Å²) in [6, 6.07) is 7.17. The average molecular weight is 302 g/mol. The van der Waals surface area contributed by atoms with Crippen LogP contribution >= 0.6 is 0 Å². The molecule has 0 spiro atoms. The van der Waals surface area contributed by atoms with E-state index in [4.69, 9.17) is 9.47 Å². The average Bonchev–Trinajstić information content (AvgIpc) is 3.32. The van der Waals surface area contributed by atoms with Crippen LogP contribution in [0.25, 0.3) is 0 Å². The summed E-state index contributed by atoms with van der Waals surface area (Å²) < 4.78 is 11.0. The fraction of sp³-hybridized carbons (Fsp3) is 0.529. The summed E-state index contributed by atoms with van der Waals surface area (Å²) in [5, 5.41) is 12.1. The molecule has 0 saturated heterocycles. The molecule has 5 nitrogen and oxygen atoms in total. The highest BCUT2D eigenvalue weighted by atomic mass is 16.5. The van der Waals surface area contributed by atoms with Gasteiger partial charge in [-0.25, -0.2) is 0 Å². The number of benzene rings is 1. The van der Waals surface area contributed by atoms with Gasteiger partial charge in [-0.05, 0) is 51.7 Å². The largest absolute Gasteiger partial charge is 0.491 e. The maximum absolute atomic E-state index is 12.5. The Morgan fingerprint density at radius 1 is 1.45 bits per heavy atom. The van der Waals surface area contributed by atoms with E-state index in [-0.39, 0.29) is 17.9 Å². The van der Waals surface area contributed by atoms with Gasteiger partial charge < -0.3 is 14.8 Å². The van der Waals surface area contributed by atoms with Gasteiger partial charge >= 0.3 is 0 Å². The topological polar surface area (TPSA) is 71.3 Å². The maximum Gasteiger partial charge on any atom is 0.256 e. The standard InChI is InChI=1S/C17H22N2O3/c1-11(2)22-14-7-8-15(12(9-14)10-18)19-16(20)17(3,21-4)13-5-6-13/h7-9,11,13H,5-6H2,1-4H3,(H,19,20)/t17-/m0/s1. The molecule has 118 valence electrons. The van der Waals surface area contributed by atoms with Gasteiger partial charge in [-0.15, -0.1) is 0 Å². The van der Waals surface area contributed by atoms with E-state index in [1.165, 1.54) is 0 Å². The Morgan fingerprint density at radius 3 is 2.64 bits per heavy atom. The Hall–Kier alpha value is -2.06. The van der Waals surface area contributed by atoms with Crippen molar-refractivity contribution in [1.82, 2.24) is 0 Å². The Bertz CT molecular complexity index is 602. The van der Waals surface area contributed by atoms with Crippen LogP contribution in [0.1, 0.15) is 39.2 Å². The quantitative estimate of drug-likeness (QED) is 0.876. The highest BCUT2D eigenvalue weighted by molar-refractivity contribution is 5.98. The maximum atomic E-state index is 12.5. The molecule has 5 heteroatoms. The first-order chi connectivity index (χ1) is 10.4. The van der Waals surface area contributed by atoms with Crippen molar-refractivity contribution in [2.45, 2.75) is 45.3 Å². The highest BCUT2D eigenvalue weighted by Gasteiger charge is 2.47. The third-order valence-corrected chi connectivity index (χ3v) is 3.96. The zero-order chi connectivity index (χ0) is 16.3. The molecule has 1 atom stereocenters. The Labute approximate surface area is 131 Å². The number of methoxy groups -OCH3 is 1. The van der Waals surface area contributed by atoms with Gasteiger partial charge in [0.1, 0.15) is 17.4 Å². The normalized spacial score (nSPS) is 16.7. The van der Waals surface area contributed by atoms with E-state index in [1.807, 2.05) is 13.8 Å². The molecule has 2 rings (SSSR count). The first-order valence-electron chi connectivity index (χ1n) is 7.48. The molecule has 1 fully saturated rings. The molecule has 0 heterocycles. The minimum atomic E-state index is -0.847. The molecule has 1 saturated carbocycles. The van der Waals surface area contributed by atoms with Crippen molar-refractivity contribution in [2.24, 2.45) is 5.92 Å².